The highest BCUT2D eigenvalue weighted by Gasteiger charge is 2.35. The van der Waals surface area contributed by atoms with Crippen molar-refractivity contribution in [1.29, 1.82) is 0 Å². The van der Waals surface area contributed by atoms with E-state index in [2.05, 4.69) is 22.6 Å². The van der Waals surface area contributed by atoms with Crippen LogP contribution in [0, 0.1) is 0 Å². The van der Waals surface area contributed by atoms with Gasteiger partial charge in [-0.1, -0.05) is 22.6 Å². The Hall–Kier alpha value is -0.330. The monoisotopic (exact) mass is 339 g/mol. The van der Waals surface area contributed by atoms with E-state index in [0.29, 0.717) is 19.0 Å². The van der Waals surface area contributed by atoms with Gasteiger partial charge in [-0.05, 0) is 20.8 Å². The van der Waals surface area contributed by atoms with Crippen LogP contribution in [0.25, 0.3) is 0 Å². The number of β-lactam (4-membered cyclic amide) rings is 1. The molecule has 5 heteroatoms. The van der Waals surface area contributed by atoms with Gasteiger partial charge in [-0.15, -0.1) is 0 Å². The highest BCUT2D eigenvalue weighted by Crippen LogP contribution is 2.21. The first-order valence-corrected chi connectivity index (χ1v) is 6.93. The number of esters is 1. The van der Waals surface area contributed by atoms with E-state index >= 15 is 0 Å². The Bertz CT molecular complexity index is 285. The lowest BCUT2D eigenvalue weighted by atomic mass is 10.0. The number of amides is 1. The summed E-state index contributed by atoms with van der Waals surface area (Å²) < 4.78 is 6.11. The maximum absolute atomic E-state index is 11.4. The van der Waals surface area contributed by atoms with Gasteiger partial charge < -0.3 is 9.64 Å². The summed E-state index contributed by atoms with van der Waals surface area (Å²) >= 11 is 2.26. The Kier molecular flexibility index (Phi) is 4.58. The first-order chi connectivity index (χ1) is 7.33. The fourth-order valence-corrected chi connectivity index (χ4v) is 2.36. The molecule has 1 rings (SSSR count). The average molecular weight is 339 g/mol. The zero-order valence-electron chi connectivity index (χ0n) is 9.96. The molecular formula is C11H18INO3. The molecule has 1 fully saturated rings. The second-order valence-electron chi connectivity index (χ2n) is 4.94. The van der Waals surface area contributed by atoms with Crippen LogP contribution in [0.5, 0.6) is 0 Å². The number of halogens is 1. The molecule has 16 heavy (non-hydrogen) atoms. The molecule has 92 valence electrons. The molecule has 0 saturated carbocycles. The largest absolute Gasteiger partial charge is 0.460 e. The van der Waals surface area contributed by atoms with Crippen LogP contribution in [-0.4, -0.2) is 39.4 Å². The van der Waals surface area contributed by atoms with Crippen molar-refractivity contribution in [3.8, 4) is 0 Å². The van der Waals surface area contributed by atoms with Crippen LogP contribution < -0.4 is 0 Å². The lowest BCUT2D eigenvalue weighted by molar-refractivity contribution is -0.156. The molecular weight excluding hydrogens is 321 g/mol. The third-order valence-electron chi connectivity index (χ3n) is 2.33. The van der Waals surface area contributed by atoms with Gasteiger partial charge in [0.05, 0.1) is 6.42 Å². The summed E-state index contributed by atoms with van der Waals surface area (Å²) in [5, 5.41) is 0. The van der Waals surface area contributed by atoms with E-state index in [1.54, 1.807) is 4.90 Å². The van der Waals surface area contributed by atoms with E-state index in [1.807, 2.05) is 20.8 Å². The second kappa shape index (κ2) is 5.33. The molecule has 1 atom stereocenters. The number of hydrogen-bond acceptors (Lipinski definition) is 3. The second-order valence-corrected chi connectivity index (χ2v) is 5.82. The van der Waals surface area contributed by atoms with Gasteiger partial charge in [-0.3, -0.25) is 9.59 Å². The van der Waals surface area contributed by atoms with Crippen molar-refractivity contribution in [2.45, 2.75) is 45.3 Å². The first-order valence-electron chi connectivity index (χ1n) is 5.41. The van der Waals surface area contributed by atoms with Crippen molar-refractivity contribution in [1.82, 2.24) is 4.90 Å². The van der Waals surface area contributed by atoms with Crippen molar-refractivity contribution in [3.05, 3.63) is 0 Å². The van der Waals surface area contributed by atoms with Gasteiger partial charge in [-0.2, -0.15) is 0 Å². The summed E-state index contributed by atoms with van der Waals surface area (Å²) in [7, 11) is 0. The van der Waals surface area contributed by atoms with E-state index in [1.165, 1.54) is 0 Å². The number of carbonyl (C=O) groups is 2. The van der Waals surface area contributed by atoms with Gasteiger partial charge in [0.25, 0.3) is 0 Å². The summed E-state index contributed by atoms with van der Waals surface area (Å²) in [6.45, 7) is 6.01. The van der Waals surface area contributed by atoms with Gasteiger partial charge in [-0.25, -0.2) is 0 Å². The van der Waals surface area contributed by atoms with E-state index in [9.17, 15) is 9.59 Å². The van der Waals surface area contributed by atoms with Crippen LogP contribution in [0.1, 0.15) is 33.6 Å². The molecule has 0 aromatic heterocycles. The zero-order chi connectivity index (χ0) is 12.3. The van der Waals surface area contributed by atoms with Gasteiger partial charge >= 0.3 is 5.97 Å². The summed E-state index contributed by atoms with van der Waals surface area (Å²) in [4.78, 5) is 24.5. The minimum absolute atomic E-state index is 0.144. The van der Waals surface area contributed by atoms with E-state index in [0.717, 1.165) is 4.43 Å². The normalized spacial score (nSPS) is 20.6. The molecule has 1 aliphatic heterocycles. The van der Waals surface area contributed by atoms with Crippen molar-refractivity contribution in [2.75, 3.05) is 11.0 Å². The fraction of sp³-hybridized carbons (Fsp3) is 0.818. The maximum Gasteiger partial charge on any atom is 0.308 e. The van der Waals surface area contributed by atoms with Gasteiger partial charge in [0.15, 0.2) is 0 Å². The smallest absolute Gasteiger partial charge is 0.308 e. The van der Waals surface area contributed by atoms with Gasteiger partial charge in [0, 0.05) is 23.4 Å². The number of likely N-dealkylation sites (tertiary alicyclic amines) is 1. The number of nitrogens with zero attached hydrogens (tertiary/aromatic N) is 1. The number of alkyl halides is 1. The van der Waals surface area contributed by atoms with E-state index < -0.39 is 5.60 Å². The zero-order valence-corrected chi connectivity index (χ0v) is 12.1. The fourth-order valence-electron chi connectivity index (χ4n) is 1.57. The van der Waals surface area contributed by atoms with Crippen molar-refractivity contribution in [3.63, 3.8) is 0 Å². The van der Waals surface area contributed by atoms with Crippen LogP contribution in [0.15, 0.2) is 0 Å². The Morgan fingerprint density at radius 1 is 1.56 bits per heavy atom. The molecule has 0 radical (unpaired) electrons. The topological polar surface area (TPSA) is 46.6 Å². The van der Waals surface area contributed by atoms with Crippen LogP contribution in [0.4, 0.5) is 0 Å². The van der Waals surface area contributed by atoms with Crippen LogP contribution in [-0.2, 0) is 14.3 Å². The lowest BCUT2D eigenvalue weighted by Gasteiger charge is -2.39. The molecule has 1 saturated heterocycles. The lowest BCUT2D eigenvalue weighted by Crippen LogP contribution is -2.54. The highest BCUT2D eigenvalue weighted by atomic mass is 127. The first kappa shape index (κ1) is 13.7. The van der Waals surface area contributed by atoms with Crippen LogP contribution in [0.3, 0.4) is 0 Å². The predicted molar refractivity (Wildman–Crippen MR) is 69.5 cm³/mol. The summed E-state index contributed by atoms with van der Waals surface area (Å²) in [5.41, 5.74) is -0.446. The average Bonchev–Trinajstić information content (AvgIpc) is 2.10. The molecule has 1 amide bonds. The Morgan fingerprint density at radius 3 is 2.62 bits per heavy atom. The molecule has 4 nitrogen and oxygen atoms in total. The maximum atomic E-state index is 11.4. The summed E-state index contributed by atoms with van der Waals surface area (Å²) in [5.74, 6) is -0.0929. The van der Waals surface area contributed by atoms with Crippen molar-refractivity contribution >= 4 is 34.5 Å². The number of ether oxygens (including phenoxy) is 1. The van der Waals surface area contributed by atoms with Crippen LogP contribution >= 0.6 is 22.6 Å². The van der Waals surface area contributed by atoms with E-state index in [4.69, 9.17) is 4.74 Å². The molecule has 0 aromatic carbocycles. The molecule has 1 aliphatic rings. The quantitative estimate of drug-likeness (QED) is 0.339. The summed E-state index contributed by atoms with van der Waals surface area (Å²) in [6.07, 6.45) is 0.910. The molecule has 0 spiro atoms. The molecule has 1 heterocycles. The minimum atomic E-state index is -0.446. The third-order valence-corrected chi connectivity index (χ3v) is 3.34. The molecule has 0 aliphatic carbocycles. The van der Waals surface area contributed by atoms with E-state index in [-0.39, 0.29) is 18.3 Å². The van der Waals surface area contributed by atoms with Crippen molar-refractivity contribution < 1.29 is 14.3 Å². The van der Waals surface area contributed by atoms with Crippen LogP contribution in [0.2, 0.25) is 0 Å². The highest BCUT2D eigenvalue weighted by molar-refractivity contribution is 14.1. The number of carbonyl (C=O) groups excluding carboxylic acids is 2. The molecule has 1 unspecified atom stereocenters. The van der Waals surface area contributed by atoms with Crippen molar-refractivity contribution in [2.24, 2.45) is 0 Å². The predicted octanol–water partition coefficient (Wildman–Crippen LogP) is 1.75. The number of rotatable bonds is 4. The Balaban J connectivity index is 2.29. The van der Waals surface area contributed by atoms with Gasteiger partial charge in [0.2, 0.25) is 5.91 Å². The third kappa shape index (κ3) is 3.92. The SMILES string of the molecule is CC(C)(C)OC(=O)CCN1C(=O)CC1CI. The minimum Gasteiger partial charge on any atom is -0.460 e. The Morgan fingerprint density at radius 2 is 2.19 bits per heavy atom. The Labute approximate surface area is 110 Å². The van der Waals surface area contributed by atoms with Gasteiger partial charge in [0.1, 0.15) is 5.60 Å². The molecule has 0 bridgehead atoms. The standard InChI is InChI=1S/C11H18INO3/c1-11(2,3)16-10(15)4-5-13-8(7-12)6-9(13)14/h8H,4-7H2,1-3H3. The molecule has 0 N–H and O–H groups in total. The number of hydrogen-bond donors (Lipinski definition) is 0. The molecule has 0 aromatic rings. The summed E-state index contributed by atoms with van der Waals surface area (Å²) in [6, 6.07) is 0.315.